The summed E-state index contributed by atoms with van der Waals surface area (Å²) in [7, 11) is 1.51. The normalized spacial score (nSPS) is 21.5. The van der Waals surface area contributed by atoms with Crippen LogP contribution in [0.4, 0.5) is 0 Å². The van der Waals surface area contributed by atoms with Crippen molar-refractivity contribution in [3.05, 3.63) is 41.1 Å². The highest BCUT2D eigenvalue weighted by atomic mass is 16.5. The number of fused-ring (bicyclic) bond motifs is 2. The van der Waals surface area contributed by atoms with Crippen molar-refractivity contribution in [3.63, 3.8) is 0 Å². The van der Waals surface area contributed by atoms with Gasteiger partial charge < -0.3 is 29.6 Å². The number of aromatic nitrogens is 1. The van der Waals surface area contributed by atoms with Crippen LogP contribution in [0.15, 0.2) is 24.3 Å². The molecule has 4 unspecified atom stereocenters. The van der Waals surface area contributed by atoms with E-state index in [4.69, 9.17) is 14.5 Å². The van der Waals surface area contributed by atoms with E-state index in [2.05, 4.69) is 29.4 Å². The van der Waals surface area contributed by atoms with Crippen molar-refractivity contribution in [2.24, 2.45) is 11.8 Å². The summed E-state index contributed by atoms with van der Waals surface area (Å²) in [6.07, 6.45) is 11.3. The van der Waals surface area contributed by atoms with Gasteiger partial charge >= 0.3 is 0 Å². The molecule has 0 saturated carbocycles. The number of benzene rings is 1. The van der Waals surface area contributed by atoms with E-state index in [1.54, 1.807) is 13.0 Å². The van der Waals surface area contributed by atoms with Gasteiger partial charge in [-0.1, -0.05) is 47.1 Å². The maximum atomic E-state index is 13.3. The maximum absolute atomic E-state index is 13.3. The second kappa shape index (κ2) is 18.3. The summed E-state index contributed by atoms with van der Waals surface area (Å²) in [6.45, 7) is 14.2. The predicted molar refractivity (Wildman–Crippen MR) is 181 cm³/mol. The number of hydrogen-bond acceptors (Lipinski definition) is 8. The van der Waals surface area contributed by atoms with Crippen molar-refractivity contribution in [1.29, 1.82) is 0 Å². The zero-order valence-electron chi connectivity index (χ0n) is 28.4. The Morgan fingerprint density at radius 3 is 2.60 bits per heavy atom. The number of carbonyl (C=O) groups excluding carboxylic acids is 2. The number of amides is 1. The zero-order valence-corrected chi connectivity index (χ0v) is 28.4. The number of carbonyl (C=O) groups is 2. The van der Waals surface area contributed by atoms with E-state index in [0.717, 1.165) is 47.2 Å². The number of piperidine rings is 1. The first-order valence-electron chi connectivity index (χ1n) is 17.1. The van der Waals surface area contributed by atoms with E-state index in [-0.39, 0.29) is 25.5 Å². The summed E-state index contributed by atoms with van der Waals surface area (Å²) in [5.74, 6) is -1.00. The van der Waals surface area contributed by atoms with Crippen LogP contribution < -0.4 is 15.4 Å². The SMILES string of the molecule is CC.CCc1c2c(nc3ccc(OCNCCC(CC)N4CCCCC4)cc13)/C=C/C(C(O)(C=O)CC)C(COC)C(=O)NC2. The van der Waals surface area contributed by atoms with Gasteiger partial charge in [-0.3, -0.25) is 10.1 Å². The van der Waals surface area contributed by atoms with Gasteiger partial charge in [0, 0.05) is 36.6 Å². The molecule has 1 amide bonds. The molecule has 1 aromatic heterocycles. The lowest BCUT2D eigenvalue weighted by Gasteiger charge is -2.34. The van der Waals surface area contributed by atoms with Crippen LogP contribution in [-0.2, 0) is 27.3 Å². The number of nitrogens with zero attached hydrogens (tertiary/aromatic N) is 2. The fourth-order valence-electron chi connectivity index (χ4n) is 6.67. The van der Waals surface area contributed by atoms with Crippen LogP contribution in [0.1, 0.15) is 90.0 Å². The number of nitrogens with one attached hydrogen (secondary N) is 2. The van der Waals surface area contributed by atoms with Crippen LogP contribution in [0.5, 0.6) is 5.75 Å². The average molecular weight is 625 g/mol. The number of aliphatic hydroxyl groups is 1. The minimum Gasteiger partial charge on any atom is -0.478 e. The fraction of sp³-hybridized carbons (Fsp3) is 0.639. The molecule has 0 bridgehead atoms. The number of aldehydes is 1. The Labute approximate surface area is 270 Å². The molecule has 2 aliphatic heterocycles. The van der Waals surface area contributed by atoms with Gasteiger partial charge in [-0.2, -0.15) is 0 Å². The Hall–Kier alpha value is -2.85. The Kier molecular flexibility index (Phi) is 14.9. The van der Waals surface area contributed by atoms with Crippen LogP contribution in [0.2, 0.25) is 0 Å². The summed E-state index contributed by atoms with van der Waals surface area (Å²) in [4.78, 5) is 32.9. The predicted octanol–water partition coefficient (Wildman–Crippen LogP) is 5.27. The number of pyridine rings is 1. The van der Waals surface area contributed by atoms with Crippen molar-refractivity contribution in [2.75, 3.05) is 40.1 Å². The van der Waals surface area contributed by atoms with Crippen LogP contribution in [-0.4, -0.2) is 78.9 Å². The number of likely N-dealkylation sites (tertiary alicyclic amines) is 1. The Bertz CT molecular complexity index is 1260. The smallest absolute Gasteiger partial charge is 0.226 e. The van der Waals surface area contributed by atoms with Crippen molar-refractivity contribution in [1.82, 2.24) is 20.5 Å². The Morgan fingerprint density at radius 1 is 1.20 bits per heavy atom. The summed E-state index contributed by atoms with van der Waals surface area (Å²) < 4.78 is 11.4. The van der Waals surface area contributed by atoms with Crippen molar-refractivity contribution < 1.29 is 24.2 Å². The second-order valence-electron chi connectivity index (χ2n) is 11.8. The van der Waals surface area contributed by atoms with Gasteiger partial charge in [0.05, 0.1) is 23.7 Å². The minimum absolute atomic E-state index is 0.0788. The first kappa shape index (κ1) is 36.6. The molecule has 0 spiro atoms. The second-order valence-corrected chi connectivity index (χ2v) is 11.8. The molecule has 9 nitrogen and oxygen atoms in total. The molecule has 2 aromatic rings. The van der Waals surface area contributed by atoms with Gasteiger partial charge in [-0.05, 0) is 88.0 Å². The molecule has 9 heteroatoms. The lowest BCUT2D eigenvalue weighted by atomic mass is 9.76. The molecule has 4 rings (SSSR count). The van der Waals surface area contributed by atoms with Gasteiger partial charge in [0.2, 0.25) is 5.91 Å². The van der Waals surface area contributed by atoms with Crippen molar-refractivity contribution in [3.8, 4) is 5.75 Å². The highest BCUT2D eigenvalue weighted by Gasteiger charge is 2.42. The third kappa shape index (κ3) is 9.12. The molecule has 45 heavy (non-hydrogen) atoms. The lowest BCUT2D eigenvalue weighted by molar-refractivity contribution is -0.139. The molecule has 0 radical (unpaired) electrons. The van der Waals surface area contributed by atoms with Gasteiger partial charge in [-0.15, -0.1) is 0 Å². The van der Waals surface area contributed by atoms with Crippen LogP contribution in [0.3, 0.4) is 0 Å². The van der Waals surface area contributed by atoms with Gasteiger partial charge in [-0.25, -0.2) is 4.98 Å². The van der Waals surface area contributed by atoms with Crippen molar-refractivity contribution in [2.45, 2.75) is 97.8 Å². The van der Waals surface area contributed by atoms with Crippen molar-refractivity contribution >= 4 is 29.2 Å². The topological polar surface area (TPSA) is 113 Å². The van der Waals surface area contributed by atoms with E-state index in [9.17, 15) is 14.7 Å². The molecule has 4 atom stereocenters. The summed E-state index contributed by atoms with van der Waals surface area (Å²) in [6, 6.07) is 6.55. The lowest BCUT2D eigenvalue weighted by Crippen LogP contribution is -2.48. The molecule has 0 aliphatic carbocycles. The largest absolute Gasteiger partial charge is 0.478 e. The van der Waals surface area contributed by atoms with Gasteiger partial charge in [0.15, 0.2) is 6.29 Å². The number of rotatable bonds is 14. The third-order valence-corrected chi connectivity index (χ3v) is 9.30. The number of ether oxygens (including phenoxy) is 2. The standard InChI is InChI=1S/C34H50N4O5.C2H6/c1-5-24(38-17-9-8-10-18-38)15-16-35-23-43-25-11-13-31-27(19-25)26(6-2)28-20-36-33(40)29(21-42-4)30(12-14-32(28)37-31)34(41,7-3)22-39;1-2/h11-14,19,22,24,29-30,35,41H,5-10,15-18,20-21,23H2,1-4H3,(H,36,40);1-2H3/b14-12+;. The first-order chi connectivity index (χ1) is 21.9. The maximum Gasteiger partial charge on any atom is 0.226 e. The molecule has 3 N–H and O–H groups in total. The third-order valence-electron chi connectivity index (χ3n) is 9.30. The highest BCUT2D eigenvalue weighted by Crippen LogP contribution is 2.33. The molecule has 1 saturated heterocycles. The summed E-state index contributed by atoms with van der Waals surface area (Å²) in [5.41, 5.74) is 1.84. The summed E-state index contributed by atoms with van der Waals surface area (Å²) in [5, 5.41) is 18.6. The molecule has 250 valence electrons. The van der Waals surface area contributed by atoms with Gasteiger partial charge in [0.1, 0.15) is 18.1 Å². The monoisotopic (exact) mass is 624 g/mol. The molecule has 1 aromatic carbocycles. The van der Waals surface area contributed by atoms with Gasteiger partial charge in [0.25, 0.3) is 0 Å². The minimum atomic E-state index is -1.70. The molecular formula is C36H56N4O5. The Balaban J connectivity index is 0.00000271. The highest BCUT2D eigenvalue weighted by molar-refractivity contribution is 5.87. The number of hydrogen-bond donors (Lipinski definition) is 3. The summed E-state index contributed by atoms with van der Waals surface area (Å²) >= 11 is 0. The zero-order chi connectivity index (χ0) is 32.8. The Morgan fingerprint density at radius 2 is 1.96 bits per heavy atom. The molecule has 2 aliphatic rings. The van der Waals surface area contributed by atoms with E-state index in [1.165, 1.54) is 45.9 Å². The van der Waals surface area contributed by atoms with Crippen LogP contribution >= 0.6 is 0 Å². The quantitative estimate of drug-likeness (QED) is 0.148. The molecular weight excluding hydrogens is 568 g/mol. The fourth-order valence-corrected chi connectivity index (χ4v) is 6.67. The first-order valence-corrected chi connectivity index (χ1v) is 17.1. The average Bonchev–Trinajstić information content (AvgIpc) is 3.14. The van der Waals surface area contributed by atoms with E-state index in [0.29, 0.717) is 24.8 Å². The number of aryl methyl sites for hydroxylation is 1. The van der Waals surface area contributed by atoms with Crippen LogP contribution in [0, 0.1) is 11.8 Å². The van der Waals surface area contributed by atoms with Crippen LogP contribution in [0.25, 0.3) is 17.0 Å². The molecule has 3 heterocycles. The van der Waals surface area contributed by atoms with E-state index in [1.807, 2.05) is 38.1 Å². The van der Waals surface area contributed by atoms with E-state index < -0.39 is 17.4 Å². The number of methoxy groups -OCH3 is 1. The molecule has 1 fully saturated rings. The van der Waals surface area contributed by atoms with E-state index >= 15 is 0 Å².